The number of fused-ring (bicyclic) bond motifs is 2. The summed E-state index contributed by atoms with van der Waals surface area (Å²) >= 11 is 0. The fraction of sp³-hybridized carbons (Fsp3) is 0.130. The standard InChI is InChI=1S/C23H20N4O/c1-2-26-19-12-6-5-11-17(19)25-23(26)21-20(28)14-27(22(21)24)18-13-7-9-15-8-3-4-10-16(15)18/h3-13,24,28H,2,14H2,1H3. The summed E-state index contributed by atoms with van der Waals surface area (Å²) in [7, 11) is 0. The van der Waals surface area contributed by atoms with E-state index in [9.17, 15) is 5.11 Å². The molecule has 0 aliphatic carbocycles. The largest absolute Gasteiger partial charge is 0.509 e. The molecule has 0 fully saturated rings. The summed E-state index contributed by atoms with van der Waals surface area (Å²) in [4.78, 5) is 6.59. The number of benzene rings is 3. The third-order valence-corrected chi connectivity index (χ3v) is 5.35. The predicted molar refractivity (Wildman–Crippen MR) is 114 cm³/mol. The van der Waals surface area contributed by atoms with Gasteiger partial charge in [-0.2, -0.15) is 0 Å². The van der Waals surface area contributed by atoms with Gasteiger partial charge in [0.15, 0.2) is 0 Å². The summed E-state index contributed by atoms with van der Waals surface area (Å²) in [6.07, 6.45) is 0. The second-order valence-corrected chi connectivity index (χ2v) is 6.92. The molecule has 5 heteroatoms. The molecule has 1 aromatic heterocycles. The van der Waals surface area contributed by atoms with E-state index in [-0.39, 0.29) is 18.1 Å². The van der Waals surface area contributed by atoms with Crippen LogP contribution in [0.25, 0.3) is 27.4 Å². The highest BCUT2D eigenvalue weighted by molar-refractivity contribution is 6.31. The lowest BCUT2D eigenvalue weighted by Crippen LogP contribution is -2.26. The molecule has 1 aliphatic heterocycles. The third kappa shape index (κ3) is 2.33. The van der Waals surface area contributed by atoms with Crippen LogP contribution < -0.4 is 4.90 Å². The maximum absolute atomic E-state index is 10.8. The highest BCUT2D eigenvalue weighted by Gasteiger charge is 2.33. The molecule has 0 radical (unpaired) electrons. The zero-order valence-corrected chi connectivity index (χ0v) is 15.6. The summed E-state index contributed by atoms with van der Waals surface area (Å²) in [5.41, 5.74) is 3.31. The van der Waals surface area contributed by atoms with Gasteiger partial charge in [0.25, 0.3) is 0 Å². The molecule has 138 valence electrons. The van der Waals surface area contributed by atoms with Gasteiger partial charge in [-0.1, -0.05) is 48.5 Å². The van der Waals surface area contributed by atoms with E-state index < -0.39 is 0 Å². The van der Waals surface area contributed by atoms with Crippen molar-refractivity contribution in [3.8, 4) is 0 Å². The molecule has 0 atom stereocenters. The van der Waals surface area contributed by atoms with E-state index in [1.165, 1.54) is 0 Å². The van der Waals surface area contributed by atoms with Crippen LogP contribution in [0.2, 0.25) is 0 Å². The Balaban J connectivity index is 1.64. The summed E-state index contributed by atoms with van der Waals surface area (Å²) in [6.45, 7) is 3.04. The Morgan fingerprint density at radius 2 is 1.75 bits per heavy atom. The number of para-hydroxylation sites is 2. The molecule has 28 heavy (non-hydrogen) atoms. The van der Waals surface area contributed by atoms with Crippen LogP contribution in [-0.4, -0.2) is 27.0 Å². The van der Waals surface area contributed by atoms with Crippen molar-refractivity contribution >= 4 is 38.9 Å². The lowest BCUT2D eigenvalue weighted by molar-refractivity contribution is 0.411. The van der Waals surface area contributed by atoms with E-state index in [1.807, 2.05) is 59.5 Å². The molecule has 0 saturated carbocycles. The summed E-state index contributed by atoms with van der Waals surface area (Å²) < 4.78 is 2.06. The SMILES string of the molecule is CCn1c(C2=C(O)CN(c3cccc4ccccc34)C2=N)nc2ccccc21. The van der Waals surface area contributed by atoms with E-state index >= 15 is 0 Å². The Kier molecular flexibility index (Phi) is 3.69. The van der Waals surface area contributed by atoms with Crippen molar-refractivity contribution in [2.24, 2.45) is 0 Å². The Bertz CT molecular complexity index is 1260. The smallest absolute Gasteiger partial charge is 0.148 e. The number of imidazole rings is 1. The van der Waals surface area contributed by atoms with Gasteiger partial charge in [-0.3, -0.25) is 5.41 Å². The van der Waals surface area contributed by atoms with Crippen LogP contribution in [0.4, 0.5) is 5.69 Å². The van der Waals surface area contributed by atoms with Crippen LogP contribution in [0.1, 0.15) is 12.7 Å². The van der Waals surface area contributed by atoms with Crippen LogP contribution in [-0.2, 0) is 6.54 Å². The number of anilines is 1. The quantitative estimate of drug-likeness (QED) is 0.536. The van der Waals surface area contributed by atoms with Crippen LogP contribution in [0.5, 0.6) is 0 Å². The van der Waals surface area contributed by atoms with Crippen LogP contribution in [0, 0.1) is 5.41 Å². The number of nitrogens with zero attached hydrogens (tertiary/aromatic N) is 3. The van der Waals surface area contributed by atoms with Gasteiger partial charge in [-0.25, -0.2) is 4.98 Å². The maximum Gasteiger partial charge on any atom is 0.148 e. The normalized spacial score (nSPS) is 14.6. The first-order valence-corrected chi connectivity index (χ1v) is 9.41. The average molecular weight is 368 g/mol. The van der Waals surface area contributed by atoms with Gasteiger partial charge in [0.05, 0.1) is 28.8 Å². The Hall–Kier alpha value is -3.60. The third-order valence-electron chi connectivity index (χ3n) is 5.35. The van der Waals surface area contributed by atoms with Crippen molar-refractivity contribution in [1.82, 2.24) is 9.55 Å². The van der Waals surface area contributed by atoms with Crippen molar-refractivity contribution in [3.05, 3.63) is 78.3 Å². The van der Waals surface area contributed by atoms with Crippen LogP contribution in [0.15, 0.2) is 72.5 Å². The second kappa shape index (κ2) is 6.23. The van der Waals surface area contributed by atoms with Crippen LogP contribution >= 0.6 is 0 Å². The fourth-order valence-corrected chi connectivity index (χ4v) is 4.05. The van der Waals surface area contributed by atoms with Crippen molar-refractivity contribution in [3.63, 3.8) is 0 Å². The zero-order valence-electron chi connectivity index (χ0n) is 15.6. The molecule has 0 amide bonds. The van der Waals surface area contributed by atoms with Gasteiger partial charge in [-0.15, -0.1) is 0 Å². The number of amidine groups is 1. The highest BCUT2D eigenvalue weighted by atomic mass is 16.3. The first kappa shape index (κ1) is 16.6. The number of hydrogen-bond donors (Lipinski definition) is 2. The van der Waals surface area contributed by atoms with Gasteiger partial charge in [0.2, 0.25) is 0 Å². The Morgan fingerprint density at radius 3 is 2.61 bits per heavy atom. The molecular formula is C23H20N4O. The first-order chi connectivity index (χ1) is 13.7. The monoisotopic (exact) mass is 368 g/mol. The summed E-state index contributed by atoms with van der Waals surface area (Å²) in [6, 6.07) is 22.1. The van der Waals surface area contributed by atoms with Gasteiger partial charge >= 0.3 is 0 Å². The molecule has 5 nitrogen and oxygen atoms in total. The van der Waals surface area contributed by atoms with E-state index in [0.717, 1.165) is 27.5 Å². The van der Waals surface area contributed by atoms with Gasteiger partial charge < -0.3 is 14.6 Å². The van der Waals surface area contributed by atoms with E-state index in [1.54, 1.807) is 0 Å². The lowest BCUT2D eigenvalue weighted by atomic mass is 10.1. The Morgan fingerprint density at radius 1 is 1.00 bits per heavy atom. The highest BCUT2D eigenvalue weighted by Crippen LogP contribution is 2.35. The number of aliphatic hydroxyl groups excluding tert-OH is 1. The molecule has 0 spiro atoms. The summed E-state index contributed by atoms with van der Waals surface area (Å²) in [5, 5.41) is 21.8. The number of rotatable bonds is 3. The molecule has 3 aromatic carbocycles. The van der Waals surface area contributed by atoms with Crippen molar-refractivity contribution in [2.75, 3.05) is 11.4 Å². The van der Waals surface area contributed by atoms with Gasteiger partial charge in [0.1, 0.15) is 17.4 Å². The molecule has 0 unspecified atom stereocenters. The molecule has 4 aromatic rings. The van der Waals surface area contributed by atoms with Crippen molar-refractivity contribution in [1.29, 1.82) is 5.41 Å². The predicted octanol–water partition coefficient (Wildman–Crippen LogP) is 4.98. The number of hydrogen-bond acceptors (Lipinski definition) is 3. The minimum atomic E-state index is 0.183. The number of aliphatic hydroxyl groups is 1. The number of aryl methyl sites for hydroxylation is 1. The Labute approximate surface area is 162 Å². The summed E-state index contributed by atoms with van der Waals surface area (Å²) in [5.74, 6) is 1.11. The molecule has 0 saturated heterocycles. The van der Waals surface area contributed by atoms with E-state index in [4.69, 9.17) is 10.4 Å². The molecule has 5 rings (SSSR count). The first-order valence-electron chi connectivity index (χ1n) is 9.41. The van der Waals surface area contributed by atoms with Crippen LogP contribution in [0.3, 0.4) is 0 Å². The fourth-order valence-electron chi connectivity index (χ4n) is 4.05. The zero-order chi connectivity index (χ0) is 19.3. The van der Waals surface area contributed by atoms with Crippen molar-refractivity contribution < 1.29 is 5.11 Å². The van der Waals surface area contributed by atoms with E-state index in [0.29, 0.717) is 17.9 Å². The number of aromatic nitrogens is 2. The molecule has 1 aliphatic rings. The van der Waals surface area contributed by atoms with Crippen molar-refractivity contribution in [2.45, 2.75) is 13.5 Å². The average Bonchev–Trinajstić information content (AvgIpc) is 3.23. The molecule has 0 bridgehead atoms. The second-order valence-electron chi connectivity index (χ2n) is 6.92. The molecule has 2 heterocycles. The maximum atomic E-state index is 10.8. The molecular weight excluding hydrogens is 348 g/mol. The van der Waals surface area contributed by atoms with Gasteiger partial charge in [0, 0.05) is 11.9 Å². The molecule has 2 N–H and O–H groups in total. The van der Waals surface area contributed by atoms with Gasteiger partial charge in [-0.05, 0) is 30.5 Å². The minimum absolute atomic E-state index is 0.183. The lowest BCUT2D eigenvalue weighted by Gasteiger charge is -2.21. The van der Waals surface area contributed by atoms with E-state index in [2.05, 4.69) is 23.6 Å². The number of nitrogens with one attached hydrogen (secondary N) is 1. The minimum Gasteiger partial charge on any atom is -0.509 e. The topological polar surface area (TPSA) is 65.1 Å².